The second-order valence-corrected chi connectivity index (χ2v) is 34.8. The first-order valence-electron chi connectivity index (χ1n) is 40.1. The molecule has 0 atom stereocenters. The Hall–Kier alpha value is -14.8. The fourth-order valence-electron chi connectivity index (χ4n) is 17.5. The number of hydrogen-bond acceptors (Lipinski definition) is 10. The minimum atomic E-state index is 0.636. The van der Waals surface area contributed by atoms with E-state index in [-0.39, 0.29) is 0 Å². The highest BCUT2D eigenvalue weighted by atomic mass is 32.1. The summed E-state index contributed by atoms with van der Waals surface area (Å²) in [4.78, 5) is 29.9. The van der Waals surface area contributed by atoms with Gasteiger partial charge in [0, 0.05) is 147 Å². The summed E-state index contributed by atoms with van der Waals surface area (Å²) in [5, 5.41) is 15.6. The Morgan fingerprint density at radius 2 is 0.392 bits per heavy atom. The summed E-state index contributed by atoms with van der Waals surface area (Å²) in [6.07, 6.45) is 0. The number of fused-ring (bicyclic) bond motifs is 18. The standard InChI is InChI=1S/C57H34N4S2.C51H30N4S2/c1-3-13-35(14-4-1)55-58-56(36-15-5-2-6-16-36)60-57(59-55)41-19-11-17-37(29-41)38-18-12-20-42(30-38)61-49-23-9-7-21-43(49)45-31-39(25-27-50(45)61)40-26-28-52-46(32-40)48-34-53-47(33-54(48)63-52)44-22-8-10-24-51(44)62-53;1-3-12-31(13-4-1)49-52-50(32-14-5-2-6-15-32)54-51(53-49)35-16-11-17-36(26-35)55-43-20-9-7-18-37(43)39-27-33(22-24-44(39)55)34-23-25-46-40(28-34)42-30-47-41(29-48(42)57-46)38-19-8-10-21-45(38)56-47/h1-34H;1-30H. The summed E-state index contributed by atoms with van der Waals surface area (Å²) in [6, 6.07) is 139. The molecule has 0 unspecified atom stereocenters. The zero-order chi connectivity index (χ0) is 78.9. The quantitative estimate of drug-likeness (QED) is 0.128. The van der Waals surface area contributed by atoms with Crippen LogP contribution >= 0.6 is 45.3 Å². The topological polar surface area (TPSA) is 87.2 Å². The summed E-state index contributed by atoms with van der Waals surface area (Å²) in [5.41, 5.74) is 19.5. The SMILES string of the molecule is c1ccc(-c2nc(-c3ccccc3)nc(-c3cccc(-c4cccc(-n5c6ccccc6c6cc(-c7ccc8sc9cc%10c(cc9c8c7)sc7ccccc7%10)ccc65)c4)c3)n2)cc1.c1ccc(-c2nc(-c3ccccc3)nc(-c3cccc(-n4c5ccccc5c5cc(-c6ccc7sc8cc9c(cc8c7c6)sc6ccccc69)ccc54)c3)n2)cc1. The van der Waals surface area contributed by atoms with Gasteiger partial charge in [-0.25, -0.2) is 29.9 Å². The molecule has 0 N–H and O–H groups in total. The maximum atomic E-state index is 5.02. The number of aromatic nitrogens is 8. The number of rotatable bonds is 11. The zero-order valence-electron chi connectivity index (χ0n) is 64.2. The molecule has 0 amide bonds. The Balaban J connectivity index is 0.000000137. The number of thiophene rings is 4. The van der Waals surface area contributed by atoms with E-state index in [9.17, 15) is 0 Å². The van der Waals surface area contributed by atoms with Crippen molar-refractivity contribution in [2.75, 3.05) is 0 Å². The van der Waals surface area contributed by atoms with E-state index in [0.717, 1.165) is 66.9 Å². The van der Waals surface area contributed by atoms with Gasteiger partial charge < -0.3 is 9.13 Å². The van der Waals surface area contributed by atoms with Crippen LogP contribution in [0.4, 0.5) is 0 Å². The van der Waals surface area contributed by atoms with Gasteiger partial charge in [0.25, 0.3) is 0 Å². The molecule has 0 aliphatic carbocycles. The first-order valence-corrected chi connectivity index (χ1v) is 43.4. The highest BCUT2D eigenvalue weighted by Crippen LogP contribution is 2.47. The first kappa shape index (κ1) is 69.5. The maximum Gasteiger partial charge on any atom is 0.164 e. The van der Waals surface area contributed by atoms with E-state index in [1.165, 1.54) is 136 Å². The largest absolute Gasteiger partial charge is 0.309 e. The van der Waals surface area contributed by atoms with Crippen LogP contribution in [0, 0.1) is 0 Å². The monoisotopic (exact) mass is 1600 g/mol. The van der Waals surface area contributed by atoms with Gasteiger partial charge in [-0.15, -0.1) is 45.3 Å². The van der Waals surface area contributed by atoms with Crippen LogP contribution in [0.1, 0.15) is 0 Å². The molecule has 0 fully saturated rings. The Bertz CT molecular complexity index is 8310. The highest BCUT2D eigenvalue weighted by molar-refractivity contribution is 7.28. The smallest absolute Gasteiger partial charge is 0.164 e. The first-order chi connectivity index (χ1) is 59.4. The van der Waals surface area contributed by atoms with Gasteiger partial charge in [-0.1, -0.05) is 261 Å². The van der Waals surface area contributed by atoms with Crippen molar-refractivity contribution in [3.05, 3.63) is 388 Å². The molecule has 8 aromatic heterocycles. The molecule has 0 saturated heterocycles. The van der Waals surface area contributed by atoms with Gasteiger partial charge in [0.2, 0.25) is 0 Å². The lowest BCUT2D eigenvalue weighted by Crippen LogP contribution is -2.01. The van der Waals surface area contributed by atoms with Gasteiger partial charge >= 0.3 is 0 Å². The van der Waals surface area contributed by atoms with Crippen LogP contribution in [0.15, 0.2) is 388 Å². The molecule has 560 valence electrons. The van der Waals surface area contributed by atoms with Gasteiger partial charge in [-0.05, 0) is 161 Å². The van der Waals surface area contributed by atoms with E-state index in [1.807, 2.05) is 167 Å². The zero-order valence-corrected chi connectivity index (χ0v) is 67.4. The summed E-state index contributed by atoms with van der Waals surface area (Å²) >= 11 is 7.54. The number of para-hydroxylation sites is 2. The lowest BCUT2D eigenvalue weighted by molar-refractivity contribution is 1.07. The van der Waals surface area contributed by atoms with Gasteiger partial charge in [-0.3, -0.25) is 0 Å². The average molecular weight is 1600 g/mol. The van der Waals surface area contributed by atoms with Crippen molar-refractivity contribution in [3.8, 4) is 113 Å². The molecule has 0 saturated carbocycles. The molecule has 0 aliphatic heterocycles. The van der Waals surface area contributed by atoms with Crippen molar-refractivity contribution in [1.82, 2.24) is 39.0 Å². The fraction of sp³-hybridized carbons (Fsp3) is 0. The average Bonchev–Trinajstić information content (AvgIpc) is 1.59. The van der Waals surface area contributed by atoms with Crippen LogP contribution in [0.25, 0.3) is 237 Å². The normalized spacial score (nSPS) is 11.8. The lowest BCUT2D eigenvalue weighted by atomic mass is 10.0. The molecule has 0 bridgehead atoms. The van der Waals surface area contributed by atoms with E-state index in [0.29, 0.717) is 34.9 Å². The van der Waals surface area contributed by atoms with Crippen LogP contribution in [0.2, 0.25) is 0 Å². The summed E-state index contributed by atoms with van der Waals surface area (Å²) < 4.78 is 15.4. The van der Waals surface area contributed by atoms with Gasteiger partial charge in [-0.2, -0.15) is 0 Å². The second-order valence-electron chi connectivity index (χ2n) is 30.4. The van der Waals surface area contributed by atoms with Crippen LogP contribution in [0.5, 0.6) is 0 Å². The van der Waals surface area contributed by atoms with Crippen molar-refractivity contribution < 1.29 is 0 Å². The van der Waals surface area contributed by atoms with Crippen molar-refractivity contribution >= 4 is 170 Å². The Kier molecular flexibility index (Phi) is 16.5. The van der Waals surface area contributed by atoms with Crippen LogP contribution in [-0.2, 0) is 0 Å². The molecule has 120 heavy (non-hydrogen) atoms. The second kappa shape index (κ2) is 28.6. The van der Waals surface area contributed by atoms with Crippen molar-refractivity contribution in [2.24, 2.45) is 0 Å². The van der Waals surface area contributed by atoms with Crippen molar-refractivity contribution in [1.29, 1.82) is 0 Å². The van der Waals surface area contributed by atoms with Gasteiger partial charge in [0.1, 0.15) is 0 Å². The number of hydrogen-bond donors (Lipinski definition) is 0. The highest BCUT2D eigenvalue weighted by Gasteiger charge is 2.22. The third-order valence-corrected chi connectivity index (χ3v) is 27.8. The van der Waals surface area contributed by atoms with E-state index >= 15 is 0 Å². The summed E-state index contributed by atoms with van der Waals surface area (Å²) in [5.74, 6) is 3.87. The van der Waals surface area contributed by atoms with Crippen molar-refractivity contribution in [2.45, 2.75) is 0 Å². The molecule has 8 heterocycles. The van der Waals surface area contributed by atoms with Crippen LogP contribution in [-0.4, -0.2) is 39.0 Å². The molecule has 25 rings (SSSR count). The molecular weight excluding hydrogens is 1540 g/mol. The molecule has 0 spiro atoms. The summed E-state index contributed by atoms with van der Waals surface area (Å²) in [7, 11) is 0. The van der Waals surface area contributed by atoms with Gasteiger partial charge in [0.05, 0.1) is 22.1 Å². The molecule has 12 heteroatoms. The number of benzene rings is 17. The predicted molar refractivity (Wildman–Crippen MR) is 509 cm³/mol. The molecule has 0 aliphatic rings. The summed E-state index contributed by atoms with van der Waals surface area (Å²) in [6.45, 7) is 0. The van der Waals surface area contributed by atoms with E-state index in [1.54, 1.807) is 0 Å². The lowest BCUT2D eigenvalue weighted by Gasteiger charge is -2.12. The van der Waals surface area contributed by atoms with Crippen LogP contribution < -0.4 is 0 Å². The fourth-order valence-corrected chi connectivity index (χ4v) is 22.0. The molecule has 0 radical (unpaired) electrons. The van der Waals surface area contributed by atoms with E-state index in [2.05, 4.69) is 276 Å². The number of nitrogens with zero attached hydrogens (tertiary/aromatic N) is 8. The van der Waals surface area contributed by atoms with Crippen LogP contribution in [0.3, 0.4) is 0 Å². The van der Waals surface area contributed by atoms with E-state index < -0.39 is 0 Å². The molecular formula is C108H64N8S4. The third-order valence-electron chi connectivity index (χ3n) is 23.3. The Morgan fingerprint density at radius 3 is 0.792 bits per heavy atom. The minimum absolute atomic E-state index is 0.636. The Morgan fingerprint density at radius 1 is 0.142 bits per heavy atom. The predicted octanol–water partition coefficient (Wildman–Crippen LogP) is 30.4. The van der Waals surface area contributed by atoms with Gasteiger partial charge in [0.15, 0.2) is 34.9 Å². The third kappa shape index (κ3) is 12.1. The Labute approximate surface area is 704 Å². The molecule has 25 aromatic rings. The molecule has 17 aromatic carbocycles. The minimum Gasteiger partial charge on any atom is -0.309 e. The van der Waals surface area contributed by atoms with Crippen molar-refractivity contribution in [3.63, 3.8) is 0 Å². The van der Waals surface area contributed by atoms with E-state index in [4.69, 9.17) is 29.9 Å². The maximum absolute atomic E-state index is 5.02. The molecule has 8 nitrogen and oxygen atoms in total.